The van der Waals surface area contributed by atoms with Gasteiger partial charge in [-0.2, -0.15) is 0 Å². The highest BCUT2D eigenvalue weighted by molar-refractivity contribution is 6.43. The van der Waals surface area contributed by atoms with Gasteiger partial charge in [0.15, 0.2) is 0 Å². The van der Waals surface area contributed by atoms with Crippen LogP contribution in [0.3, 0.4) is 0 Å². The summed E-state index contributed by atoms with van der Waals surface area (Å²) in [6, 6.07) is 5.70. The van der Waals surface area contributed by atoms with E-state index in [1.165, 1.54) is 0 Å². The topological polar surface area (TPSA) is 32.8 Å². The highest BCUT2D eigenvalue weighted by Gasteiger charge is 2.20. The van der Waals surface area contributed by atoms with Crippen molar-refractivity contribution >= 4 is 34.9 Å². The van der Waals surface area contributed by atoms with Gasteiger partial charge < -0.3 is 9.64 Å². The lowest BCUT2D eigenvalue weighted by atomic mass is 10.2. The molecule has 0 spiro atoms. The summed E-state index contributed by atoms with van der Waals surface area (Å²) in [5.41, 5.74) is 0.981. The van der Waals surface area contributed by atoms with Gasteiger partial charge in [-0.25, -0.2) is 0 Å². The molecular formula is C15H20Cl2N2O2. The monoisotopic (exact) mass is 330 g/mol. The second kappa shape index (κ2) is 7.87. The Morgan fingerprint density at radius 3 is 2.62 bits per heavy atom. The first kappa shape index (κ1) is 16.4. The summed E-state index contributed by atoms with van der Waals surface area (Å²) in [6.07, 6.45) is 0.450. The smallest absolute Gasteiger partial charge is 0.307 e. The molecule has 0 amide bonds. The number of carbonyl (C=O) groups is 1. The zero-order chi connectivity index (χ0) is 15.2. The predicted molar refractivity (Wildman–Crippen MR) is 86.4 cm³/mol. The van der Waals surface area contributed by atoms with Gasteiger partial charge in [-0.05, 0) is 19.1 Å². The number of nitrogens with zero attached hydrogens (tertiary/aromatic N) is 2. The highest BCUT2D eigenvalue weighted by atomic mass is 35.5. The molecule has 0 aromatic heterocycles. The van der Waals surface area contributed by atoms with E-state index in [0.29, 0.717) is 23.1 Å². The maximum Gasteiger partial charge on any atom is 0.307 e. The fourth-order valence-electron chi connectivity index (χ4n) is 2.43. The van der Waals surface area contributed by atoms with Gasteiger partial charge in [0, 0.05) is 32.7 Å². The molecule has 1 saturated heterocycles. The first-order chi connectivity index (χ1) is 10.1. The van der Waals surface area contributed by atoms with Gasteiger partial charge in [0.05, 0.1) is 28.8 Å². The Kier molecular flexibility index (Phi) is 6.15. The van der Waals surface area contributed by atoms with Crippen LogP contribution in [0.5, 0.6) is 0 Å². The lowest BCUT2D eigenvalue weighted by Crippen LogP contribution is -2.47. The molecule has 0 saturated carbocycles. The van der Waals surface area contributed by atoms with Crippen LogP contribution in [0, 0.1) is 0 Å². The molecule has 21 heavy (non-hydrogen) atoms. The summed E-state index contributed by atoms with van der Waals surface area (Å²) in [6.45, 7) is 6.58. The number of anilines is 1. The van der Waals surface area contributed by atoms with Crippen molar-refractivity contribution < 1.29 is 9.53 Å². The van der Waals surface area contributed by atoms with Gasteiger partial charge in [-0.3, -0.25) is 9.69 Å². The SMILES string of the molecule is CCOC(=O)CCN1CCN(c2cccc(Cl)c2Cl)CC1. The summed E-state index contributed by atoms with van der Waals surface area (Å²) in [4.78, 5) is 15.9. The Labute approximate surface area is 135 Å². The molecule has 1 aromatic carbocycles. The van der Waals surface area contributed by atoms with Crippen LogP contribution in [-0.2, 0) is 9.53 Å². The van der Waals surface area contributed by atoms with Gasteiger partial charge in [0.1, 0.15) is 0 Å². The molecule has 1 aliphatic rings. The Morgan fingerprint density at radius 1 is 1.24 bits per heavy atom. The Morgan fingerprint density at radius 2 is 1.95 bits per heavy atom. The number of ether oxygens (including phenoxy) is 1. The van der Waals surface area contributed by atoms with E-state index in [2.05, 4.69) is 9.80 Å². The Bertz CT molecular complexity index is 489. The fraction of sp³-hybridized carbons (Fsp3) is 0.533. The molecule has 1 aromatic rings. The van der Waals surface area contributed by atoms with Crippen molar-refractivity contribution in [1.82, 2.24) is 4.90 Å². The van der Waals surface area contributed by atoms with E-state index in [-0.39, 0.29) is 5.97 Å². The molecular weight excluding hydrogens is 311 g/mol. The highest BCUT2D eigenvalue weighted by Crippen LogP contribution is 2.32. The van der Waals surface area contributed by atoms with Crippen LogP contribution < -0.4 is 4.90 Å². The van der Waals surface area contributed by atoms with E-state index < -0.39 is 0 Å². The maximum absolute atomic E-state index is 11.4. The van der Waals surface area contributed by atoms with Gasteiger partial charge >= 0.3 is 5.97 Å². The first-order valence-corrected chi connectivity index (χ1v) is 7.94. The third-order valence-corrected chi connectivity index (χ3v) is 4.39. The maximum atomic E-state index is 11.4. The summed E-state index contributed by atoms with van der Waals surface area (Å²) in [5, 5.41) is 1.19. The van der Waals surface area contributed by atoms with Crippen molar-refractivity contribution in [2.75, 3.05) is 44.2 Å². The molecule has 0 aliphatic carbocycles. The lowest BCUT2D eigenvalue weighted by Gasteiger charge is -2.36. The molecule has 4 nitrogen and oxygen atoms in total. The number of halogens is 2. The molecule has 0 bridgehead atoms. The fourth-order valence-corrected chi connectivity index (χ4v) is 2.85. The van der Waals surface area contributed by atoms with E-state index >= 15 is 0 Å². The summed E-state index contributed by atoms with van der Waals surface area (Å²) in [7, 11) is 0. The summed E-state index contributed by atoms with van der Waals surface area (Å²) >= 11 is 12.3. The number of rotatable bonds is 5. The number of carbonyl (C=O) groups excluding carboxylic acids is 1. The average molecular weight is 331 g/mol. The van der Waals surface area contributed by atoms with E-state index in [0.717, 1.165) is 38.4 Å². The van der Waals surface area contributed by atoms with Crippen molar-refractivity contribution in [2.45, 2.75) is 13.3 Å². The Balaban J connectivity index is 1.83. The van der Waals surface area contributed by atoms with E-state index in [9.17, 15) is 4.79 Å². The second-order valence-electron chi connectivity index (χ2n) is 4.96. The van der Waals surface area contributed by atoms with Crippen LogP contribution in [0.4, 0.5) is 5.69 Å². The predicted octanol–water partition coefficient (Wildman–Crippen LogP) is 3.07. The van der Waals surface area contributed by atoms with Crippen molar-refractivity contribution in [3.63, 3.8) is 0 Å². The van der Waals surface area contributed by atoms with Crippen molar-refractivity contribution in [3.05, 3.63) is 28.2 Å². The normalized spacial score (nSPS) is 16.0. The van der Waals surface area contributed by atoms with Crippen molar-refractivity contribution in [3.8, 4) is 0 Å². The molecule has 6 heteroatoms. The number of hydrogen-bond donors (Lipinski definition) is 0. The standard InChI is InChI=1S/C15H20Cl2N2O2/c1-2-21-14(20)6-7-18-8-10-19(11-9-18)13-5-3-4-12(16)15(13)17/h3-5H,2,6-11H2,1H3. The van der Waals surface area contributed by atoms with Gasteiger partial charge in [0.2, 0.25) is 0 Å². The minimum Gasteiger partial charge on any atom is -0.466 e. The number of hydrogen-bond acceptors (Lipinski definition) is 4. The van der Waals surface area contributed by atoms with E-state index in [1.807, 2.05) is 19.1 Å². The van der Waals surface area contributed by atoms with Crippen LogP contribution in [-0.4, -0.2) is 50.2 Å². The average Bonchev–Trinajstić information content (AvgIpc) is 2.49. The third kappa shape index (κ3) is 4.50. The molecule has 0 unspecified atom stereocenters. The number of benzene rings is 1. The van der Waals surface area contributed by atoms with Crippen LogP contribution in [0.2, 0.25) is 10.0 Å². The molecule has 0 atom stereocenters. The summed E-state index contributed by atoms with van der Waals surface area (Å²) < 4.78 is 4.94. The largest absolute Gasteiger partial charge is 0.466 e. The van der Waals surface area contributed by atoms with Crippen molar-refractivity contribution in [2.24, 2.45) is 0 Å². The lowest BCUT2D eigenvalue weighted by molar-refractivity contribution is -0.143. The van der Waals surface area contributed by atoms with Crippen LogP contribution in [0.25, 0.3) is 0 Å². The van der Waals surface area contributed by atoms with Crippen molar-refractivity contribution in [1.29, 1.82) is 0 Å². The molecule has 1 aliphatic heterocycles. The molecule has 116 valence electrons. The Hall–Kier alpha value is -0.970. The minimum absolute atomic E-state index is 0.127. The van der Waals surface area contributed by atoms with Gasteiger partial charge in [-0.15, -0.1) is 0 Å². The number of piperazine rings is 1. The molecule has 1 fully saturated rings. The van der Waals surface area contributed by atoms with Crippen LogP contribution in [0.1, 0.15) is 13.3 Å². The van der Waals surface area contributed by atoms with Gasteiger partial charge in [0.25, 0.3) is 0 Å². The van der Waals surface area contributed by atoms with Crippen LogP contribution >= 0.6 is 23.2 Å². The van der Waals surface area contributed by atoms with E-state index in [4.69, 9.17) is 27.9 Å². The minimum atomic E-state index is -0.127. The summed E-state index contributed by atoms with van der Waals surface area (Å²) in [5.74, 6) is -0.127. The van der Waals surface area contributed by atoms with Gasteiger partial charge in [-0.1, -0.05) is 29.3 Å². The van der Waals surface area contributed by atoms with E-state index in [1.54, 1.807) is 6.07 Å². The quantitative estimate of drug-likeness (QED) is 0.777. The van der Waals surface area contributed by atoms with Crippen LogP contribution in [0.15, 0.2) is 18.2 Å². The second-order valence-corrected chi connectivity index (χ2v) is 5.74. The zero-order valence-corrected chi connectivity index (χ0v) is 13.7. The first-order valence-electron chi connectivity index (χ1n) is 7.18. The molecule has 0 N–H and O–H groups in total. The molecule has 0 radical (unpaired) electrons. The third-order valence-electron chi connectivity index (χ3n) is 3.58. The molecule has 2 rings (SSSR count). The zero-order valence-electron chi connectivity index (χ0n) is 12.1. The molecule has 1 heterocycles. The number of esters is 1.